The fourth-order valence-corrected chi connectivity index (χ4v) is 12.3. The number of para-hydroxylation sites is 1. The molecular formula is C39H45NO5SSi. The van der Waals surface area contributed by atoms with Gasteiger partial charge in [-0.25, -0.2) is 4.98 Å². The Hall–Kier alpha value is -3.69. The lowest BCUT2D eigenvalue weighted by atomic mass is 9.90. The van der Waals surface area contributed by atoms with E-state index >= 15 is 0 Å². The summed E-state index contributed by atoms with van der Waals surface area (Å²) in [4.78, 5) is 29.3. The quantitative estimate of drug-likeness (QED) is 0.113. The highest BCUT2D eigenvalue weighted by Gasteiger charge is 2.52. The molecule has 1 unspecified atom stereocenters. The Morgan fingerprint density at radius 3 is 2.21 bits per heavy atom. The van der Waals surface area contributed by atoms with Gasteiger partial charge in [-0.1, -0.05) is 125 Å². The summed E-state index contributed by atoms with van der Waals surface area (Å²) >= 11 is 1.61. The summed E-state index contributed by atoms with van der Waals surface area (Å²) in [5.74, 6) is -1.91. The standard InChI is InChI=1S/C39H45NO5SSi/c1-27(38(43)44)16-8-5-13-21-30-31(34(42)26-33(30)41)24-25-35(37-40-32-22-14-15-23-36(32)46-37)45-47(39(2,3)4,28-17-9-6-10-18-28)29-19-11-7-12-20-29/h5-7,9-15,17-20,22-25,27,30-31,34-35,42H,8,16,21,26H2,1-4H3,(H,43,44)/b13-5-,25-24+/t27?,30-,31-,34-,35-/m1/s1. The number of carbonyl (C=O) groups excluding carboxylic acids is 1. The number of hydrogen-bond acceptors (Lipinski definition) is 6. The number of aliphatic hydroxyl groups is 1. The topological polar surface area (TPSA) is 96.7 Å². The van der Waals surface area contributed by atoms with Crippen molar-refractivity contribution in [2.45, 2.75) is 70.6 Å². The van der Waals surface area contributed by atoms with E-state index in [2.05, 4.69) is 75.4 Å². The Kier molecular flexibility index (Phi) is 11.1. The molecule has 246 valence electrons. The second-order valence-corrected chi connectivity index (χ2v) is 18.9. The van der Waals surface area contributed by atoms with Crippen molar-refractivity contribution < 1.29 is 24.2 Å². The maximum absolute atomic E-state index is 13.1. The van der Waals surface area contributed by atoms with Crippen molar-refractivity contribution in [2.75, 3.05) is 0 Å². The second kappa shape index (κ2) is 15.0. The SMILES string of the molecule is CC(CC/C=C\C[C@H]1C(=O)C[C@@H](O)[C@@H]1/C=C/[C@@H](O[Si](c1ccccc1)(c1ccccc1)C(C)(C)C)c1nc2ccccc2s1)C(=O)O. The number of carboxylic acids is 1. The molecule has 1 aliphatic carbocycles. The van der Waals surface area contributed by atoms with Crippen LogP contribution in [0, 0.1) is 17.8 Å². The van der Waals surface area contributed by atoms with E-state index in [0.29, 0.717) is 19.3 Å². The third-order valence-corrected chi connectivity index (χ3v) is 15.4. The van der Waals surface area contributed by atoms with Gasteiger partial charge in [0.25, 0.3) is 8.32 Å². The molecule has 2 N–H and O–H groups in total. The number of allylic oxidation sites excluding steroid dienone is 2. The molecule has 5 rings (SSSR count). The van der Waals surface area contributed by atoms with E-state index < -0.39 is 32.4 Å². The molecule has 1 fully saturated rings. The zero-order valence-corrected chi connectivity index (χ0v) is 29.4. The maximum atomic E-state index is 13.1. The minimum atomic E-state index is -2.98. The van der Waals surface area contributed by atoms with Gasteiger partial charge >= 0.3 is 5.97 Å². The zero-order valence-electron chi connectivity index (χ0n) is 27.6. The van der Waals surface area contributed by atoms with Gasteiger partial charge in [0, 0.05) is 18.3 Å². The van der Waals surface area contributed by atoms with Crippen molar-refractivity contribution in [3.8, 4) is 0 Å². The van der Waals surface area contributed by atoms with E-state index in [-0.39, 0.29) is 29.1 Å². The van der Waals surface area contributed by atoms with Gasteiger partial charge in [0.2, 0.25) is 0 Å². The van der Waals surface area contributed by atoms with Crippen LogP contribution in [0.15, 0.2) is 109 Å². The van der Waals surface area contributed by atoms with E-state index in [1.54, 1.807) is 18.3 Å². The molecule has 5 atom stereocenters. The van der Waals surface area contributed by atoms with Crippen molar-refractivity contribution in [1.29, 1.82) is 0 Å². The minimum Gasteiger partial charge on any atom is -0.481 e. The first kappa shape index (κ1) is 34.6. The van der Waals surface area contributed by atoms with Crippen LogP contribution in [0.5, 0.6) is 0 Å². The first-order chi connectivity index (χ1) is 22.5. The predicted octanol–water partition coefficient (Wildman–Crippen LogP) is 7.48. The Balaban J connectivity index is 1.53. The molecule has 8 heteroatoms. The molecule has 0 saturated heterocycles. The number of aromatic nitrogens is 1. The third kappa shape index (κ3) is 7.73. The van der Waals surface area contributed by atoms with E-state index in [1.807, 2.05) is 54.6 Å². The number of aliphatic carboxylic acids is 1. The summed E-state index contributed by atoms with van der Waals surface area (Å²) in [6.07, 6.45) is 8.39. The largest absolute Gasteiger partial charge is 0.481 e. The summed E-state index contributed by atoms with van der Waals surface area (Å²) in [6, 6.07) is 29.1. The monoisotopic (exact) mass is 667 g/mol. The molecule has 3 aromatic carbocycles. The van der Waals surface area contributed by atoms with Crippen molar-refractivity contribution in [1.82, 2.24) is 4.98 Å². The first-order valence-corrected chi connectivity index (χ1v) is 19.1. The number of nitrogens with zero attached hydrogens (tertiary/aromatic N) is 1. The molecule has 4 aromatic rings. The average molecular weight is 668 g/mol. The van der Waals surface area contributed by atoms with Gasteiger partial charge in [0.05, 0.1) is 22.2 Å². The number of aliphatic hydroxyl groups excluding tert-OH is 1. The molecule has 0 amide bonds. The van der Waals surface area contributed by atoms with Gasteiger partial charge in [0.1, 0.15) is 16.9 Å². The van der Waals surface area contributed by atoms with Crippen LogP contribution >= 0.6 is 11.3 Å². The molecule has 47 heavy (non-hydrogen) atoms. The number of fused-ring (bicyclic) bond motifs is 1. The van der Waals surface area contributed by atoms with Gasteiger partial charge in [-0.15, -0.1) is 11.3 Å². The summed E-state index contributed by atoms with van der Waals surface area (Å²) in [7, 11) is -2.98. The van der Waals surface area contributed by atoms with Crippen molar-refractivity contribution >= 4 is 52.0 Å². The molecule has 0 aliphatic heterocycles. The van der Waals surface area contributed by atoms with Crippen LogP contribution in [0.2, 0.25) is 5.04 Å². The number of Topliss-reactive ketones (excluding diaryl/α,β-unsaturated/α-hetero) is 1. The fraction of sp³-hybridized carbons (Fsp3) is 0.359. The fourth-order valence-electron chi connectivity index (χ4n) is 6.65. The lowest BCUT2D eigenvalue weighted by molar-refractivity contribution is -0.141. The number of rotatable bonds is 13. The molecule has 1 saturated carbocycles. The van der Waals surface area contributed by atoms with Crippen LogP contribution in [0.1, 0.15) is 64.5 Å². The number of benzene rings is 3. The zero-order chi connectivity index (χ0) is 33.6. The molecule has 0 bridgehead atoms. The van der Waals surface area contributed by atoms with Crippen LogP contribution in [-0.4, -0.2) is 41.4 Å². The number of carbonyl (C=O) groups is 2. The second-order valence-electron chi connectivity index (χ2n) is 13.6. The van der Waals surface area contributed by atoms with Gasteiger partial charge in [-0.3, -0.25) is 9.59 Å². The average Bonchev–Trinajstić information content (AvgIpc) is 3.60. The number of ketones is 1. The Morgan fingerprint density at radius 1 is 1.00 bits per heavy atom. The van der Waals surface area contributed by atoms with Crippen molar-refractivity contribution in [2.24, 2.45) is 17.8 Å². The Morgan fingerprint density at radius 2 is 1.62 bits per heavy atom. The molecule has 1 heterocycles. The Labute approximate surface area is 283 Å². The van der Waals surface area contributed by atoms with Gasteiger partial charge in [-0.05, 0) is 46.8 Å². The van der Waals surface area contributed by atoms with Crippen molar-refractivity contribution in [3.63, 3.8) is 0 Å². The molecule has 1 aliphatic rings. The number of carboxylic acid groups (broad SMARTS) is 1. The van der Waals surface area contributed by atoms with Gasteiger partial charge < -0.3 is 14.6 Å². The normalized spacial score (nSPS) is 20.4. The smallest absolute Gasteiger partial charge is 0.306 e. The highest BCUT2D eigenvalue weighted by molar-refractivity contribution is 7.18. The lowest BCUT2D eigenvalue weighted by Gasteiger charge is -2.44. The van der Waals surface area contributed by atoms with Gasteiger partial charge in [0.15, 0.2) is 0 Å². The molecular weight excluding hydrogens is 623 g/mol. The third-order valence-electron chi connectivity index (χ3n) is 9.26. The Bertz CT molecular complexity index is 1640. The number of thiazole rings is 1. The maximum Gasteiger partial charge on any atom is 0.306 e. The van der Waals surface area contributed by atoms with Crippen LogP contribution in [0.25, 0.3) is 10.2 Å². The van der Waals surface area contributed by atoms with Gasteiger partial charge in [-0.2, -0.15) is 0 Å². The van der Waals surface area contributed by atoms with E-state index in [0.717, 1.165) is 25.6 Å². The molecule has 6 nitrogen and oxygen atoms in total. The summed E-state index contributed by atoms with van der Waals surface area (Å²) in [6.45, 7) is 8.44. The van der Waals surface area contributed by atoms with Crippen molar-refractivity contribution in [3.05, 3.63) is 114 Å². The summed E-state index contributed by atoms with van der Waals surface area (Å²) < 4.78 is 8.65. The van der Waals surface area contributed by atoms with Crippen LogP contribution in [-0.2, 0) is 14.0 Å². The summed E-state index contributed by atoms with van der Waals surface area (Å²) in [5, 5.41) is 23.1. The van der Waals surface area contributed by atoms with Crippen LogP contribution in [0.3, 0.4) is 0 Å². The molecule has 0 radical (unpaired) electrons. The van der Waals surface area contributed by atoms with Crippen LogP contribution < -0.4 is 10.4 Å². The van der Waals surface area contributed by atoms with E-state index in [9.17, 15) is 14.7 Å². The van der Waals surface area contributed by atoms with E-state index in [1.165, 1.54) is 0 Å². The molecule has 0 spiro atoms. The summed E-state index contributed by atoms with van der Waals surface area (Å²) in [5.41, 5.74) is 0.910. The number of hydrogen-bond donors (Lipinski definition) is 2. The first-order valence-electron chi connectivity index (χ1n) is 16.4. The predicted molar refractivity (Wildman–Crippen MR) is 193 cm³/mol. The molecule has 1 aromatic heterocycles. The lowest BCUT2D eigenvalue weighted by Crippen LogP contribution is -2.66. The highest BCUT2D eigenvalue weighted by atomic mass is 32.1. The van der Waals surface area contributed by atoms with E-state index in [4.69, 9.17) is 14.5 Å². The van der Waals surface area contributed by atoms with Crippen LogP contribution in [0.4, 0.5) is 0 Å². The minimum absolute atomic E-state index is 0.0418. The highest BCUT2D eigenvalue weighted by Crippen LogP contribution is 2.42.